The second kappa shape index (κ2) is 8.98. The molecule has 0 radical (unpaired) electrons. The minimum absolute atomic E-state index is 0.699. The lowest BCUT2D eigenvalue weighted by molar-refractivity contribution is 0.0673. The van der Waals surface area contributed by atoms with Crippen LogP contribution in [0, 0.1) is 0 Å². The van der Waals surface area contributed by atoms with Crippen LogP contribution >= 0.6 is 0 Å². The maximum atomic E-state index is 2.70. The zero-order valence-corrected chi connectivity index (χ0v) is 15.7. The largest absolute Gasteiger partial charge is 0.302 e. The van der Waals surface area contributed by atoms with Gasteiger partial charge in [0, 0.05) is 44.8 Å². The highest BCUT2D eigenvalue weighted by molar-refractivity contribution is 5.14. The highest BCUT2D eigenvalue weighted by Gasteiger charge is 2.25. The molecule has 2 fully saturated rings. The lowest BCUT2D eigenvalue weighted by Crippen LogP contribution is -2.53. The van der Waals surface area contributed by atoms with E-state index in [1.54, 1.807) is 0 Å². The van der Waals surface area contributed by atoms with Crippen LogP contribution in [0.1, 0.15) is 38.2 Å². The van der Waals surface area contributed by atoms with Crippen LogP contribution in [0.15, 0.2) is 30.3 Å². The Labute approximate surface area is 148 Å². The predicted octanol–water partition coefficient (Wildman–Crippen LogP) is 3.11. The third-order valence-electron chi connectivity index (χ3n) is 6.11. The summed E-state index contributed by atoms with van der Waals surface area (Å²) in [6, 6.07) is 12.4. The zero-order chi connectivity index (χ0) is 16.8. The first-order valence-corrected chi connectivity index (χ1v) is 9.93. The average Bonchev–Trinajstić information content (AvgIpc) is 2.63. The predicted molar refractivity (Wildman–Crippen MR) is 103 cm³/mol. The van der Waals surface area contributed by atoms with Gasteiger partial charge in [0.15, 0.2) is 0 Å². The van der Waals surface area contributed by atoms with Gasteiger partial charge in [-0.25, -0.2) is 0 Å². The summed E-state index contributed by atoms with van der Waals surface area (Å²) in [6.45, 7) is 9.97. The third kappa shape index (κ3) is 5.05. The molecule has 0 aliphatic carbocycles. The fourth-order valence-corrected chi connectivity index (χ4v) is 4.26. The van der Waals surface area contributed by atoms with Crippen molar-refractivity contribution in [2.75, 3.05) is 46.3 Å². The van der Waals surface area contributed by atoms with Crippen LogP contribution in [0.3, 0.4) is 0 Å². The van der Waals surface area contributed by atoms with Gasteiger partial charge >= 0.3 is 0 Å². The van der Waals surface area contributed by atoms with E-state index >= 15 is 0 Å². The number of hydrogen-bond donors (Lipinski definition) is 0. The third-order valence-corrected chi connectivity index (χ3v) is 6.11. The van der Waals surface area contributed by atoms with Gasteiger partial charge in [-0.2, -0.15) is 0 Å². The summed E-state index contributed by atoms with van der Waals surface area (Å²) < 4.78 is 0. The molecule has 2 aliphatic rings. The van der Waals surface area contributed by atoms with Gasteiger partial charge in [0.2, 0.25) is 0 Å². The Morgan fingerprint density at radius 1 is 1.00 bits per heavy atom. The van der Waals surface area contributed by atoms with Gasteiger partial charge in [-0.05, 0) is 51.8 Å². The SMILES string of the molecule is C[C@@H](CCc1ccccc1)N1CCN(C[C@H]2CCCCN2C)CC1. The average molecular weight is 330 g/mol. The molecule has 2 heterocycles. The smallest absolute Gasteiger partial charge is 0.0220 e. The number of likely N-dealkylation sites (tertiary alicyclic amines) is 1. The molecule has 0 N–H and O–H groups in total. The quantitative estimate of drug-likeness (QED) is 0.794. The van der Waals surface area contributed by atoms with Crippen molar-refractivity contribution in [1.29, 1.82) is 0 Å². The van der Waals surface area contributed by atoms with Crippen molar-refractivity contribution in [1.82, 2.24) is 14.7 Å². The summed E-state index contributed by atoms with van der Waals surface area (Å²) in [6.07, 6.45) is 6.68. The van der Waals surface area contributed by atoms with Gasteiger partial charge in [0.1, 0.15) is 0 Å². The van der Waals surface area contributed by atoms with Crippen LogP contribution in [-0.4, -0.2) is 73.1 Å². The van der Waals surface area contributed by atoms with Crippen LogP contribution in [0.4, 0.5) is 0 Å². The van der Waals surface area contributed by atoms with Crippen molar-refractivity contribution < 1.29 is 0 Å². The number of nitrogens with zero attached hydrogens (tertiary/aromatic N) is 3. The maximum absolute atomic E-state index is 2.70. The monoisotopic (exact) mass is 329 g/mol. The molecule has 3 rings (SSSR count). The molecule has 0 bridgehead atoms. The van der Waals surface area contributed by atoms with E-state index in [0.29, 0.717) is 6.04 Å². The molecule has 0 unspecified atom stereocenters. The highest BCUT2D eigenvalue weighted by atomic mass is 15.3. The van der Waals surface area contributed by atoms with E-state index in [2.05, 4.69) is 59.0 Å². The molecule has 2 aliphatic heterocycles. The Bertz CT molecular complexity index is 467. The minimum atomic E-state index is 0.699. The second-order valence-electron chi connectivity index (χ2n) is 7.84. The van der Waals surface area contributed by atoms with Crippen LogP contribution in [0.25, 0.3) is 0 Å². The fourth-order valence-electron chi connectivity index (χ4n) is 4.26. The van der Waals surface area contributed by atoms with E-state index in [0.717, 1.165) is 6.04 Å². The van der Waals surface area contributed by atoms with Gasteiger partial charge in [0.25, 0.3) is 0 Å². The summed E-state index contributed by atoms with van der Waals surface area (Å²) in [5, 5.41) is 0. The topological polar surface area (TPSA) is 9.72 Å². The second-order valence-corrected chi connectivity index (χ2v) is 7.84. The molecule has 0 aromatic heterocycles. The first-order chi connectivity index (χ1) is 11.7. The molecular weight excluding hydrogens is 294 g/mol. The van der Waals surface area contributed by atoms with Crippen LogP contribution < -0.4 is 0 Å². The zero-order valence-electron chi connectivity index (χ0n) is 15.7. The van der Waals surface area contributed by atoms with Gasteiger partial charge in [-0.1, -0.05) is 36.8 Å². The first-order valence-electron chi connectivity index (χ1n) is 9.93. The summed E-state index contributed by atoms with van der Waals surface area (Å²) in [5.41, 5.74) is 1.48. The highest BCUT2D eigenvalue weighted by Crippen LogP contribution is 2.18. The van der Waals surface area contributed by atoms with Crippen LogP contribution in [0.5, 0.6) is 0 Å². The molecule has 1 aromatic rings. The number of hydrogen-bond acceptors (Lipinski definition) is 3. The van der Waals surface area contributed by atoms with Gasteiger partial charge in [-0.15, -0.1) is 0 Å². The van der Waals surface area contributed by atoms with E-state index in [9.17, 15) is 0 Å². The lowest BCUT2D eigenvalue weighted by Gasteiger charge is -2.41. The van der Waals surface area contributed by atoms with Gasteiger partial charge in [0.05, 0.1) is 0 Å². The lowest BCUT2D eigenvalue weighted by atomic mass is 10.0. The molecule has 0 spiro atoms. The number of aryl methyl sites for hydroxylation is 1. The Kier molecular flexibility index (Phi) is 6.70. The van der Waals surface area contributed by atoms with Gasteiger partial charge in [-0.3, -0.25) is 9.80 Å². The standard InChI is InChI=1S/C21H35N3/c1-19(11-12-20-8-4-3-5-9-20)24-16-14-23(15-17-24)18-21-10-6-7-13-22(21)2/h3-5,8-9,19,21H,6-7,10-18H2,1-2H3/t19-,21+/m0/s1. The van der Waals surface area contributed by atoms with Crippen molar-refractivity contribution in [2.45, 2.75) is 51.1 Å². The Morgan fingerprint density at radius 2 is 1.75 bits per heavy atom. The Hall–Kier alpha value is -0.900. The Balaban J connectivity index is 1.38. The molecule has 3 heteroatoms. The number of rotatable bonds is 6. The molecule has 3 nitrogen and oxygen atoms in total. The van der Waals surface area contributed by atoms with E-state index in [1.807, 2.05) is 0 Å². The molecule has 2 saturated heterocycles. The molecule has 0 amide bonds. The van der Waals surface area contributed by atoms with Gasteiger partial charge < -0.3 is 4.90 Å². The van der Waals surface area contributed by atoms with Crippen molar-refractivity contribution in [3.05, 3.63) is 35.9 Å². The molecule has 24 heavy (non-hydrogen) atoms. The van der Waals surface area contributed by atoms with E-state index in [-0.39, 0.29) is 0 Å². The molecule has 134 valence electrons. The van der Waals surface area contributed by atoms with E-state index in [1.165, 1.54) is 76.9 Å². The van der Waals surface area contributed by atoms with E-state index in [4.69, 9.17) is 0 Å². The molecule has 2 atom stereocenters. The number of piperazine rings is 1. The summed E-state index contributed by atoms with van der Waals surface area (Å²) in [7, 11) is 2.31. The van der Waals surface area contributed by atoms with Crippen LogP contribution in [-0.2, 0) is 6.42 Å². The first kappa shape index (κ1) is 17.9. The Morgan fingerprint density at radius 3 is 2.46 bits per heavy atom. The van der Waals surface area contributed by atoms with E-state index < -0.39 is 0 Å². The molecule has 1 aromatic carbocycles. The number of likely N-dealkylation sites (N-methyl/N-ethyl adjacent to an activating group) is 1. The number of benzene rings is 1. The number of piperidine rings is 1. The van der Waals surface area contributed by atoms with Crippen molar-refractivity contribution in [3.8, 4) is 0 Å². The van der Waals surface area contributed by atoms with Crippen molar-refractivity contribution >= 4 is 0 Å². The summed E-state index contributed by atoms with van der Waals surface area (Å²) in [4.78, 5) is 7.98. The summed E-state index contributed by atoms with van der Waals surface area (Å²) >= 11 is 0. The van der Waals surface area contributed by atoms with Crippen LogP contribution in [0.2, 0.25) is 0 Å². The fraction of sp³-hybridized carbons (Fsp3) is 0.714. The molecule has 0 saturated carbocycles. The molecular formula is C21H35N3. The normalized spacial score (nSPS) is 25.7. The minimum Gasteiger partial charge on any atom is -0.302 e. The van der Waals surface area contributed by atoms with Crippen molar-refractivity contribution in [2.24, 2.45) is 0 Å². The summed E-state index contributed by atoms with van der Waals surface area (Å²) in [5.74, 6) is 0. The van der Waals surface area contributed by atoms with Crippen molar-refractivity contribution in [3.63, 3.8) is 0 Å². The maximum Gasteiger partial charge on any atom is 0.0220 e.